The normalized spacial score (nSPS) is 17.0. The van der Waals surface area contributed by atoms with Crippen molar-refractivity contribution in [2.24, 2.45) is 0 Å². The van der Waals surface area contributed by atoms with Crippen LogP contribution in [-0.4, -0.2) is 33.6 Å². The first-order valence-corrected chi connectivity index (χ1v) is 10.6. The Balaban J connectivity index is 1.50. The lowest BCUT2D eigenvalue weighted by atomic mass is 10.1. The molecular weight excluding hydrogens is 364 g/mol. The van der Waals surface area contributed by atoms with Gasteiger partial charge in [-0.1, -0.05) is 30.3 Å². The van der Waals surface area contributed by atoms with Gasteiger partial charge < -0.3 is 10.1 Å². The molecular formula is C20H24N2O4S. The van der Waals surface area contributed by atoms with Crippen molar-refractivity contribution in [2.45, 2.75) is 36.7 Å². The number of ether oxygens (including phenoxy) is 1. The molecule has 27 heavy (non-hydrogen) atoms. The monoisotopic (exact) mass is 388 g/mol. The smallest absolute Gasteiger partial charge is 0.240 e. The third-order valence-corrected chi connectivity index (χ3v) is 5.90. The minimum Gasteiger partial charge on any atom is -0.377 e. The number of amides is 1. The van der Waals surface area contributed by atoms with Gasteiger partial charge in [0, 0.05) is 25.3 Å². The van der Waals surface area contributed by atoms with Gasteiger partial charge in [-0.3, -0.25) is 4.79 Å². The van der Waals surface area contributed by atoms with E-state index >= 15 is 0 Å². The van der Waals surface area contributed by atoms with Gasteiger partial charge in [0.05, 0.1) is 11.0 Å². The highest BCUT2D eigenvalue weighted by Gasteiger charge is 2.20. The molecule has 1 aliphatic heterocycles. The van der Waals surface area contributed by atoms with Gasteiger partial charge in [0.25, 0.3) is 0 Å². The predicted octanol–water partition coefficient (Wildman–Crippen LogP) is 2.72. The number of carbonyl (C=O) groups is 1. The molecule has 0 aliphatic carbocycles. The SMILES string of the molecule is O=C(CCc1ccccc1)Nc1ccc(S(=O)(=O)NC[C@H]2CCCO2)cc1. The van der Waals surface area contributed by atoms with Crippen molar-refractivity contribution in [3.8, 4) is 0 Å². The molecule has 0 spiro atoms. The molecule has 1 aliphatic rings. The van der Waals surface area contributed by atoms with E-state index in [1.807, 2.05) is 30.3 Å². The van der Waals surface area contributed by atoms with Crippen molar-refractivity contribution in [2.75, 3.05) is 18.5 Å². The predicted molar refractivity (Wildman–Crippen MR) is 104 cm³/mol. The molecule has 144 valence electrons. The van der Waals surface area contributed by atoms with Crippen LogP contribution in [0, 0.1) is 0 Å². The minimum atomic E-state index is -3.58. The van der Waals surface area contributed by atoms with E-state index in [9.17, 15) is 13.2 Å². The molecule has 0 aromatic heterocycles. The van der Waals surface area contributed by atoms with Gasteiger partial charge in [0.15, 0.2) is 0 Å². The van der Waals surface area contributed by atoms with Gasteiger partial charge in [-0.15, -0.1) is 0 Å². The Morgan fingerprint density at radius 3 is 2.48 bits per heavy atom. The maximum absolute atomic E-state index is 12.3. The highest BCUT2D eigenvalue weighted by molar-refractivity contribution is 7.89. The summed E-state index contributed by atoms with van der Waals surface area (Å²) in [6.45, 7) is 0.964. The van der Waals surface area contributed by atoms with Crippen LogP contribution in [0.3, 0.4) is 0 Å². The van der Waals surface area contributed by atoms with Gasteiger partial charge in [-0.25, -0.2) is 13.1 Å². The fourth-order valence-corrected chi connectivity index (χ4v) is 4.00. The molecule has 6 nitrogen and oxygen atoms in total. The second-order valence-corrected chi connectivity index (χ2v) is 8.31. The zero-order valence-corrected chi connectivity index (χ0v) is 15.9. The summed E-state index contributed by atoms with van der Waals surface area (Å²) in [6.07, 6.45) is 2.81. The molecule has 1 saturated heterocycles. The van der Waals surface area contributed by atoms with E-state index in [4.69, 9.17) is 4.74 Å². The number of hydrogen-bond donors (Lipinski definition) is 2. The highest BCUT2D eigenvalue weighted by atomic mass is 32.2. The van der Waals surface area contributed by atoms with Gasteiger partial charge in [-0.05, 0) is 49.1 Å². The number of nitrogens with one attached hydrogen (secondary N) is 2. The zero-order valence-electron chi connectivity index (χ0n) is 15.1. The first kappa shape index (κ1) is 19.5. The van der Waals surface area contributed by atoms with Gasteiger partial charge in [0.1, 0.15) is 0 Å². The van der Waals surface area contributed by atoms with E-state index in [0.717, 1.165) is 18.4 Å². The van der Waals surface area contributed by atoms with Gasteiger partial charge in [0.2, 0.25) is 15.9 Å². The molecule has 3 rings (SSSR count). The second kappa shape index (κ2) is 9.12. The van der Waals surface area contributed by atoms with Crippen LogP contribution in [0.15, 0.2) is 59.5 Å². The van der Waals surface area contributed by atoms with Crippen molar-refractivity contribution in [3.63, 3.8) is 0 Å². The Labute approximate surface area is 160 Å². The van der Waals surface area contributed by atoms with Gasteiger partial charge >= 0.3 is 0 Å². The molecule has 2 aromatic rings. The average Bonchev–Trinajstić information content (AvgIpc) is 3.20. The summed E-state index contributed by atoms with van der Waals surface area (Å²) >= 11 is 0. The van der Waals surface area contributed by atoms with Crippen LogP contribution in [0.5, 0.6) is 0 Å². The Morgan fingerprint density at radius 1 is 1.07 bits per heavy atom. The number of carbonyl (C=O) groups excluding carboxylic acids is 1. The van der Waals surface area contributed by atoms with E-state index in [1.54, 1.807) is 12.1 Å². The van der Waals surface area contributed by atoms with Crippen LogP contribution < -0.4 is 10.0 Å². The fourth-order valence-electron chi connectivity index (χ4n) is 2.93. The van der Waals surface area contributed by atoms with Crippen molar-refractivity contribution >= 4 is 21.6 Å². The van der Waals surface area contributed by atoms with E-state index < -0.39 is 10.0 Å². The topological polar surface area (TPSA) is 84.5 Å². The fraction of sp³-hybridized carbons (Fsp3) is 0.350. The molecule has 7 heteroatoms. The van der Waals surface area contributed by atoms with Gasteiger partial charge in [-0.2, -0.15) is 0 Å². The van der Waals surface area contributed by atoms with Crippen molar-refractivity contribution in [1.29, 1.82) is 0 Å². The lowest BCUT2D eigenvalue weighted by Crippen LogP contribution is -2.31. The number of anilines is 1. The Bertz CT molecular complexity index is 845. The van der Waals surface area contributed by atoms with Crippen LogP contribution >= 0.6 is 0 Å². The Morgan fingerprint density at radius 2 is 1.81 bits per heavy atom. The standard InChI is InChI=1S/C20H24N2O4S/c23-20(13-8-16-5-2-1-3-6-16)22-17-9-11-19(12-10-17)27(24,25)21-15-18-7-4-14-26-18/h1-3,5-6,9-12,18,21H,4,7-8,13-15H2,(H,22,23)/t18-/m1/s1. The number of hydrogen-bond acceptors (Lipinski definition) is 4. The molecule has 1 amide bonds. The van der Waals surface area contributed by atoms with Crippen LogP contribution in [-0.2, 0) is 26.0 Å². The number of rotatable bonds is 8. The van der Waals surface area contributed by atoms with Crippen LogP contribution in [0.4, 0.5) is 5.69 Å². The molecule has 2 N–H and O–H groups in total. The molecule has 0 unspecified atom stereocenters. The Hall–Kier alpha value is -2.22. The molecule has 1 fully saturated rings. The van der Waals surface area contributed by atoms with Crippen LogP contribution in [0.1, 0.15) is 24.8 Å². The Kier molecular flexibility index (Phi) is 6.60. The quantitative estimate of drug-likeness (QED) is 0.728. The average molecular weight is 388 g/mol. The summed E-state index contributed by atoms with van der Waals surface area (Å²) < 4.78 is 32.7. The van der Waals surface area contributed by atoms with E-state index in [1.165, 1.54) is 12.1 Å². The summed E-state index contributed by atoms with van der Waals surface area (Å²) in [6, 6.07) is 16.0. The zero-order chi connectivity index (χ0) is 19.1. The summed E-state index contributed by atoms with van der Waals surface area (Å²) in [7, 11) is -3.58. The van der Waals surface area contributed by atoms with E-state index in [0.29, 0.717) is 25.1 Å². The highest BCUT2D eigenvalue weighted by Crippen LogP contribution is 2.16. The third kappa shape index (κ3) is 5.89. The third-order valence-electron chi connectivity index (χ3n) is 4.46. The first-order valence-electron chi connectivity index (χ1n) is 9.08. The number of benzene rings is 2. The molecule has 2 aromatic carbocycles. The lowest BCUT2D eigenvalue weighted by Gasteiger charge is -2.12. The largest absolute Gasteiger partial charge is 0.377 e. The summed E-state index contributed by atoms with van der Waals surface area (Å²) in [5, 5.41) is 2.79. The van der Waals surface area contributed by atoms with Crippen molar-refractivity contribution in [3.05, 3.63) is 60.2 Å². The maximum Gasteiger partial charge on any atom is 0.240 e. The molecule has 0 radical (unpaired) electrons. The van der Waals surface area contributed by atoms with Crippen molar-refractivity contribution < 1.29 is 17.9 Å². The summed E-state index contributed by atoms with van der Waals surface area (Å²) in [5.41, 5.74) is 1.68. The number of aryl methyl sites for hydroxylation is 1. The van der Waals surface area contributed by atoms with E-state index in [-0.39, 0.29) is 23.5 Å². The number of sulfonamides is 1. The first-order chi connectivity index (χ1) is 13.0. The minimum absolute atomic E-state index is 0.0528. The molecule has 0 bridgehead atoms. The maximum atomic E-state index is 12.3. The summed E-state index contributed by atoms with van der Waals surface area (Å²) in [5.74, 6) is -0.106. The van der Waals surface area contributed by atoms with E-state index in [2.05, 4.69) is 10.0 Å². The second-order valence-electron chi connectivity index (χ2n) is 6.55. The lowest BCUT2D eigenvalue weighted by molar-refractivity contribution is -0.116. The van der Waals surface area contributed by atoms with Crippen LogP contribution in [0.25, 0.3) is 0 Å². The molecule has 0 saturated carbocycles. The summed E-state index contributed by atoms with van der Waals surface area (Å²) in [4.78, 5) is 12.2. The van der Waals surface area contributed by atoms with Crippen LogP contribution in [0.2, 0.25) is 0 Å². The molecule has 1 heterocycles. The van der Waals surface area contributed by atoms with Crippen molar-refractivity contribution in [1.82, 2.24) is 4.72 Å². The molecule has 1 atom stereocenters.